The zero-order valence-corrected chi connectivity index (χ0v) is 17.3. The third-order valence-corrected chi connectivity index (χ3v) is 6.05. The predicted molar refractivity (Wildman–Crippen MR) is 118 cm³/mol. The maximum atomic E-state index is 12.8. The van der Waals surface area contributed by atoms with Crippen LogP contribution in [-0.4, -0.2) is 35.6 Å². The number of rotatable bonds is 7. The molecule has 8 heteroatoms. The Hall–Kier alpha value is -3.55. The summed E-state index contributed by atoms with van der Waals surface area (Å²) < 4.78 is 1.72. The minimum atomic E-state index is 0.199. The normalized spacial score (nSPS) is 14.7. The Morgan fingerprint density at radius 3 is 2.90 bits per heavy atom. The van der Waals surface area contributed by atoms with Gasteiger partial charge >= 0.3 is 0 Å². The van der Waals surface area contributed by atoms with E-state index in [4.69, 9.17) is 0 Å². The minimum Gasteiger partial charge on any atom is -0.337 e. The molecule has 0 bridgehead atoms. The van der Waals surface area contributed by atoms with Gasteiger partial charge in [0.2, 0.25) is 0 Å². The molecule has 1 aliphatic carbocycles. The first kappa shape index (κ1) is 19.4. The highest BCUT2D eigenvalue weighted by molar-refractivity contribution is 5.97. The first-order valence-corrected chi connectivity index (χ1v) is 10.9. The summed E-state index contributed by atoms with van der Waals surface area (Å²) >= 11 is 0. The highest BCUT2D eigenvalue weighted by atomic mass is 16.1. The molecular formula is C23H25N7O. The summed E-state index contributed by atoms with van der Waals surface area (Å²) in [4.78, 5) is 21.7. The van der Waals surface area contributed by atoms with Crippen molar-refractivity contribution in [1.29, 1.82) is 0 Å². The molecule has 1 saturated carbocycles. The van der Waals surface area contributed by atoms with Gasteiger partial charge in [-0.05, 0) is 24.5 Å². The van der Waals surface area contributed by atoms with Crippen molar-refractivity contribution in [3.63, 3.8) is 0 Å². The van der Waals surface area contributed by atoms with Crippen LogP contribution >= 0.6 is 0 Å². The van der Waals surface area contributed by atoms with Crippen molar-refractivity contribution in [3.05, 3.63) is 54.7 Å². The molecule has 0 amide bonds. The van der Waals surface area contributed by atoms with E-state index < -0.39 is 0 Å². The number of aromatic nitrogens is 6. The van der Waals surface area contributed by atoms with Gasteiger partial charge in [-0.2, -0.15) is 10.2 Å². The standard InChI is InChI=1S/C23H25N7O/c31-21(10-9-16-5-2-1-3-6-16)17-7-4-8-19(11-17)29-22-23-25-15-28-30(23)20(14-24-22)18-12-26-27-13-18/h4,7-8,11-16H,1-3,5-6,9-10H2,(H,24,29)(H,26,27). The molecule has 3 aromatic heterocycles. The number of aromatic amines is 1. The zero-order chi connectivity index (χ0) is 21.0. The molecule has 0 aliphatic heterocycles. The van der Waals surface area contributed by atoms with Crippen LogP contribution in [0.4, 0.5) is 11.5 Å². The second-order valence-corrected chi connectivity index (χ2v) is 8.15. The average molecular weight is 416 g/mol. The smallest absolute Gasteiger partial charge is 0.199 e. The SMILES string of the molecule is O=C(CCC1CCCCC1)c1cccc(Nc2ncc(-c3cn[nH]c3)n3ncnc23)c1. The fraction of sp³-hybridized carbons (Fsp3) is 0.348. The zero-order valence-electron chi connectivity index (χ0n) is 17.3. The molecule has 1 aliphatic rings. The highest BCUT2D eigenvalue weighted by Crippen LogP contribution is 2.28. The molecule has 4 aromatic rings. The molecule has 0 atom stereocenters. The van der Waals surface area contributed by atoms with Crippen LogP contribution in [0.3, 0.4) is 0 Å². The quantitative estimate of drug-likeness (QED) is 0.421. The molecular weight excluding hydrogens is 390 g/mol. The van der Waals surface area contributed by atoms with Crippen LogP contribution in [0.2, 0.25) is 0 Å². The third-order valence-electron chi connectivity index (χ3n) is 6.05. The molecule has 0 unspecified atom stereocenters. The lowest BCUT2D eigenvalue weighted by atomic mass is 9.85. The van der Waals surface area contributed by atoms with Gasteiger partial charge in [0.15, 0.2) is 17.2 Å². The second-order valence-electron chi connectivity index (χ2n) is 8.15. The molecule has 3 heterocycles. The molecule has 8 nitrogen and oxygen atoms in total. The minimum absolute atomic E-state index is 0.199. The molecule has 0 spiro atoms. The van der Waals surface area contributed by atoms with Crippen LogP contribution in [-0.2, 0) is 0 Å². The van der Waals surface area contributed by atoms with Gasteiger partial charge in [-0.25, -0.2) is 14.5 Å². The number of carbonyl (C=O) groups excluding carboxylic acids is 1. The van der Waals surface area contributed by atoms with Crippen LogP contribution in [0.1, 0.15) is 55.3 Å². The topological polar surface area (TPSA) is 101 Å². The second kappa shape index (κ2) is 8.67. The third kappa shape index (κ3) is 4.19. The fourth-order valence-electron chi connectivity index (χ4n) is 4.36. The van der Waals surface area contributed by atoms with Gasteiger partial charge in [0, 0.05) is 29.4 Å². The van der Waals surface area contributed by atoms with Crippen molar-refractivity contribution in [2.45, 2.75) is 44.9 Å². The Bertz CT molecular complexity index is 1180. The van der Waals surface area contributed by atoms with Gasteiger partial charge in [0.05, 0.1) is 18.1 Å². The number of Topliss-reactive ketones (excluding diaryl/α,β-unsaturated/α-hetero) is 1. The van der Waals surface area contributed by atoms with E-state index in [0.717, 1.165) is 28.9 Å². The van der Waals surface area contributed by atoms with E-state index in [1.807, 2.05) is 24.3 Å². The Kier molecular flexibility index (Phi) is 5.43. The van der Waals surface area contributed by atoms with Crippen LogP contribution in [0.25, 0.3) is 16.9 Å². The lowest BCUT2D eigenvalue weighted by molar-refractivity contribution is 0.0970. The van der Waals surface area contributed by atoms with E-state index in [9.17, 15) is 4.79 Å². The van der Waals surface area contributed by atoms with Gasteiger partial charge in [0.25, 0.3) is 0 Å². The maximum absolute atomic E-state index is 12.8. The van der Waals surface area contributed by atoms with Crippen LogP contribution in [0, 0.1) is 5.92 Å². The Morgan fingerprint density at radius 1 is 1.16 bits per heavy atom. The summed E-state index contributed by atoms with van der Waals surface area (Å²) in [7, 11) is 0. The predicted octanol–water partition coefficient (Wildman–Crippen LogP) is 4.80. The number of fused-ring (bicyclic) bond motifs is 1. The van der Waals surface area contributed by atoms with Crippen LogP contribution < -0.4 is 5.32 Å². The van der Waals surface area contributed by atoms with Crippen molar-refractivity contribution in [3.8, 4) is 11.3 Å². The molecule has 5 rings (SSSR count). The molecule has 0 radical (unpaired) electrons. The number of carbonyl (C=O) groups is 1. The van der Waals surface area contributed by atoms with Gasteiger partial charge < -0.3 is 5.32 Å². The van der Waals surface area contributed by atoms with Crippen LogP contribution in [0.15, 0.2) is 49.2 Å². The van der Waals surface area contributed by atoms with Gasteiger partial charge in [-0.3, -0.25) is 9.89 Å². The summed E-state index contributed by atoms with van der Waals surface area (Å²) in [6, 6.07) is 7.60. The first-order chi connectivity index (χ1) is 15.3. The van der Waals surface area contributed by atoms with Crippen molar-refractivity contribution >= 4 is 22.9 Å². The number of hydrogen-bond donors (Lipinski definition) is 2. The molecule has 158 valence electrons. The lowest BCUT2D eigenvalue weighted by Gasteiger charge is -2.20. The monoisotopic (exact) mass is 415 g/mol. The number of anilines is 2. The van der Waals surface area contributed by atoms with Crippen molar-refractivity contribution in [2.24, 2.45) is 5.92 Å². The lowest BCUT2D eigenvalue weighted by Crippen LogP contribution is -2.09. The number of benzene rings is 1. The van der Waals surface area contributed by atoms with Crippen molar-refractivity contribution in [2.75, 3.05) is 5.32 Å². The molecule has 1 fully saturated rings. The summed E-state index contributed by atoms with van der Waals surface area (Å²) in [5, 5.41) is 14.4. The fourth-order valence-corrected chi connectivity index (χ4v) is 4.36. The van der Waals surface area contributed by atoms with E-state index in [-0.39, 0.29) is 5.78 Å². The number of nitrogens with one attached hydrogen (secondary N) is 2. The van der Waals surface area contributed by atoms with E-state index >= 15 is 0 Å². The van der Waals surface area contributed by atoms with Crippen LogP contribution in [0.5, 0.6) is 0 Å². The first-order valence-electron chi connectivity index (χ1n) is 10.9. The van der Waals surface area contributed by atoms with E-state index in [0.29, 0.717) is 23.8 Å². The van der Waals surface area contributed by atoms with Gasteiger partial charge in [-0.1, -0.05) is 44.2 Å². The summed E-state index contributed by atoms with van der Waals surface area (Å²) in [5.74, 6) is 1.49. The van der Waals surface area contributed by atoms with Gasteiger partial charge in [0.1, 0.15) is 6.33 Å². The summed E-state index contributed by atoms with van der Waals surface area (Å²) in [6.07, 6.45) is 14.8. The van der Waals surface area contributed by atoms with E-state index in [2.05, 4.69) is 30.6 Å². The average Bonchev–Trinajstić information content (AvgIpc) is 3.51. The maximum Gasteiger partial charge on any atom is 0.199 e. The molecule has 31 heavy (non-hydrogen) atoms. The molecule has 2 N–H and O–H groups in total. The largest absolute Gasteiger partial charge is 0.337 e. The number of nitrogens with zero attached hydrogens (tertiary/aromatic N) is 5. The number of H-pyrrole nitrogens is 1. The number of ketones is 1. The molecule has 1 aromatic carbocycles. The Balaban J connectivity index is 1.33. The summed E-state index contributed by atoms with van der Waals surface area (Å²) in [6.45, 7) is 0. The Labute approximate surface area is 180 Å². The summed E-state index contributed by atoms with van der Waals surface area (Å²) in [5.41, 5.74) is 3.80. The van der Waals surface area contributed by atoms with Crippen molar-refractivity contribution in [1.82, 2.24) is 29.8 Å². The number of hydrogen-bond acceptors (Lipinski definition) is 6. The molecule has 0 saturated heterocycles. The van der Waals surface area contributed by atoms with E-state index in [1.165, 1.54) is 38.4 Å². The highest BCUT2D eigenvalue weighted by Gasteiger charge is 2.16. The Morgan fingerprint density at radius 2 is 2.06 bits per heavy atom. The van der Waals surface area contributed by atoms with Crippen molar-refractivity contribution < 1.29 is 4.79 Å². The van der Waals surface area contributed by atoms with Gasteiger partial charge in [-0.15, -0.1) is 0 Å². The van der Waals surface area contributed by atoms with E-state index in [1.54, 1.807) is 23.1 Å².